The first kappa shape index (κ1) is 14.8. The van der Waals surface area contributed by atoms with Crippen LogP contribution in [0.3, 0.4) is 0 Å². The van der Waals surface area contributed by atoms with E-state index in [0.717, 1.165) is 0 Å². The van der Waals surface area contributed by atoms with Crippen LogP contribution in [0.15, 0.2) is 35.7 Å². The van der Waals surface area contributed by atoms with Crippen LogP contribution in [-0.2, 0) is 4.79 Å². The van der Waals surface area contributed by atoms with Crippen molar-refractivity contribution < 1.29 is 18.4 Å². The van der Waals surface area contributed by atoms with Gasteiger partial charge in [-0.05, 0) is 30.0 Å². The Kier molecular flexibility index (Phi) is 4.02. The van der Waals surface area contributed by atoms with Gasteiger partial charge in [0.15, 0.2) is 5.78 Å². The summed E-state index contributed by atoms with van der Waals surface area (Å²) in [7, 11) is 0. The van der Waals surface area contributed by atoms with Gasteiger partial charge in [0.2, 0.25) is 5.91 Å². The van der Waals surface area contributed by atoms with Crippen molar-refractivity contribution in [1.29, 1.82) is 0 Å². The maximum absolute atomic E-state index is 13.7. The number of nitrogens with one attached hydrogen (secondary N) is 1. The maximum Gasteiger partial charge on any atom is 0.224 e. The summed E-state index contributed by atoms with van der Waals surface area (Å²) in [5, 5.41) is 4.33. The molecule has 0 saturated heterocycles. The van der Waals surface area contributed by atoms with E-state index >= 15 is 0 Å². The zero-order valence-electron chi connectivity index (χ0n) is 11.5. The zero-order chi connectivity index (χ0) is 15.7. The molecule has 0 radical (unpaired) electrons. The van der Waals surface area contributed by atoms with Crippen molar-refractivity contribution in [3.8, 4) is 0 Å². The second-order valence-corrected chi connectivity index (χ2v) is 6.15. The molecule has 3 nitrogen and oxygen atoms in total. The first-order chi connectivity index (χ1) is 10.6. The van der Waals surface area contributed by atoms with Gasteiger partial charge in [-0.15, -0.1) is 11.3 Å². The van der Waals surface area contributed by atoms with Crippen LogP contribution in [-0.4, -0.2) is 18.2 Å². The lowest BCUT2D eigenvalue weighted by Crippen LogP contribution is -2.30. The number of halogens is 2. The van der Waals surface area contributed by atoms with Crippen LogP contribution < -0.4 is 5.32 Å². The average molecular weight is 321 g/mol. The van der Waals surface area contributed by atoms with E-state index in [2.05, 4.69) is 5.32 Å². The molecular weight excluding hydrogens is 308 g/mol. The predicted octanol–water partition coefficient (Wildman–Crippen LogP) is 3.13. The highest BCUT2D eigenvalue weighted by atomic mass is 32.1. The van der Waals surface area contributed by atoms with E-state index in [-0.39, 0.29) is 23.8 Å². The molecule has 1 aromatic carbocycles. The molecule has 3 rings (SSSR count). The van der Waals surface area contributed by atoms with E-state index in [4.69, 9.17) is 0 Å². The Hall–Kier alpha value is -2.08. The Morgan fingerprint density at radius 3 is 2.55 bits per heavy atom. The van der Waals surface area contributed by atoms with Gasteiger partial charge >= 0.3 is 0 Å². The molecular formula is C16H13F2NO2S. The van der Waals surface area contributed by atoms with Gasteiger partial charge in [-0.2, -0.15) is 0 Å². The molecule has 114 valence electrons. The summed E-state index contributed by atoms with van der Waals surface area (Å²) in [6.45, 7) is -0.0949. The van der Waals surface area contributed by atoms with Crippen molar-refractivity contribution in [1.82, 2.24) is 5.32 Å². The van der Waals surface area contributed by atoms with Crippen LogP contribution in [0.4, 0.5) is 8.78 Å². The standard InChI is InChI=1S/C16H13F2NO2S/c17-11-3-1-4-12(18)15(11)9-7-10(9)16(21)19-8-13(20)14-5-2-6-22-14/h1-6,9-10H,7-8H2,(H,19,21)/t9-,10-/m0/s1. The first-order valence-electron chi connectivity index (χ1n) is 6.86. The van der Waals surface area contributed by atoms with Gasteiger partial charge in [-0.3, -0.25) is 9.59 Å². The predicted molar refractivity (Wildman–Crippen MR) is 78.9 cm³/mol. The van der Waals surface area contributed by atoms with E-state index in [1.54, 1.807) is 17.5 Å². The highest BCUT2D eigenvalue weighted by Crippen LogP contribution is 2.49. The monoisotopic (exact) mass is 321 g/mol. The first-order valence-corrected chi connectivity index (χ1v) is 7.74. The number of carbonyl (C=O) groups excluding carboxylic acids is 2. The van der Waals surface area contributed by atoms with Crippen LogP contribution in [0.5, 0.6) is 0 Å². The summed E-state index contributed by atoms with van der Waals surface area (Å²) < 4.78 is 27.3. The SMILES string of the molecule is O=C(CNC(=O)[C@H]1C[C@@H]1c1c(F)cccc1F)c1cccs1. The number of rotatable bonds is 5. The second-order valence-electron chi connectivity index (χ2n) is 5.20. The Bertz CT molecular complexity index is 695. The molecule has 1 aromatic heterocycles. The van der Waals surface area contributed by atoms with E-state index < -0.39 is 23.5 Å². The minimum absolute atomic E-state index is 0.0350. The summed E-state index contributed by atoms with van der Waals surface area (Å²) in [5.41, 5.74) is -0.0350. The van der Waals surface area contributed by atoms with Crippen molar-refractivity contribution in [3.63, 3.8) is 0 Å². The molecule has 0 spiro atoms. The second kappa shape index (κ2) is 5.96. The van der Waals surface area contributed by atoms with Crippen LogP contribution in [0.1, 0.15) is 27.6 Å². The third-order valence-electron chi connectivity index (χ3n) is 3.72. The van der Waals surface area contributed by atoms with E-state index in [1.165, 1.54) is 29.5 Å². The number of Topliss-reactive ketones (excluding diaryl/α,β-unsaturated/α-hetero) is 1. The number of carbonyl (C=O) groups is 2. The molecule has 1 N–H and O–H groups in total. The minimum atomic E-state index is -0.630. The van der Waals surface area contributed by atoms with Crippen molar-refractivity contribution >= 4 is 23.0 Å². The fourth-order valence-corrected chi connectivity index (χ4v) is 3.16. The summed E-state index contributed by atoms with van der Waals surface area (Å²) in [5.74, 6) is -2.68. The highest BCUT2D eigenvalue weighted by molar-refractivity contribution is 7.12. The molecule has 0 aliphatic heterocycles. The van der Waals surface area contributed by atoms with Crippen molar-refractivity contribution in [2.45, 2.75) is 12.3 Å². The van der Waals surface area contributed by atoms with E-state index in [0.29, 0.717) is 11.3 Å². The van der Waals surface area contributed by atoms with Gasteiger partial charge < -0.3 is 5.32 Å². The van der Waals surface area contributed by atoms with Crippen LogP contribution in [0, 0.1) is 17.6 Å². The fraction of sp³-hybridized carbons (Fsp3) is 0.250. The Morgan fingerprint density at radius 1 is 1.18 bits per heavy atom. The van der Waals surface area contributed by atoms with Gasteiger partial charge in [0.1, 0.15) is 11.6 Å². The molecule has 1 fully saturated rings. The lowest BCUT2D eigenvalue weighted by molar-refractivity contribution is -0.122. The maximum atomic E-state index is 13.7. The van der Waals surface area contributed by atoms with Gasteiger partial charge in [0.05, 0.1) is 11.4 Å². The molecule has 22 heavy (non-hydrogen) atoms. The zero-order valence-corrected chi connectivity index (χ0v) is 12.3. The topological polar surface area (TPSA) is 46.2 Å². The van der Waals surface area contributed by atoms with Gasteiger partial charge in [-0.25, -0.2) is 8.78 Å². The van der Waals surface area contributed by atoms with Gasteiger partial charge in [-0.1, -0.05) is 12.1 Å². The smallest absolute Gasteiger partial charge is 0.224 e. The summed E-state index contributed by atoms with van der Waals surface area (Å²) in [6.07, 6.45) is 0.400. The quantitative estimate of drug-likeness (QED) is 0.860. The molecule has 1 aliphatic carbocycles. The number of thiophene rings is 1. The molecule has 6 heteroatoms. The summed E-state index contributed by atoms with van der Waals surface area (Å²) >= 11 is 1.31. The summed E-state index contributed by atoms with van der Waals surface area (Å²) in [6, 6.07) is 7.12. The minimum Gasteiger partial charge on any atom is -0.348 e. The lowest BCUT2D eigenvalue weighted by Gasteiger charge is -2.05. The Balaban J connectivity index is 1.58. The number of hydrogen-bond acceptors (Lipinski definition) is 3. The van der Waals surface area contributed by atoms with E-state index in [1.807, 2.05) is 0 Å². The normalized spacial score (nSPS) is 19.7. The average Bonchev–Trinajstić information content (AvgIpc) is 3.07. The Morgan fingerprint density at radius 2 is 1.91 bits per heavy atom. The van der Waals surface area contributed by atoms with E-state index in [9.17, 15) is 18.4 Å². The molecule has 2 atom stereocenters. The molecule has 0 unspecified atom stereocenters. The number of hydrogen-bond donors (Lipinski definition) is 1. The molecule has 1 amide bonds. The lowest BCUT2D eigenvalue weighted by atomic mass is 10.1. The third kappa shape index (κ3) is 2.92. The van der Waals surface area contributed by atoms with Crippen LogP contribution in [0.2, 0.25) is 0 Å². The number of ketones is 1. The van der Waals surface area contributed by atoms with Crippen molar-refractivity contribution in [3.05, 3.63) is 57.8 Å². The molecule has 2 aromatic rings. The number of amides is 1. The Labute approximate surface area is 130 Å². The number of benzene rings is 1. The van der Waals surface area contributed by atoms with Gasteiger partial charge in [0, 0.05) is 17.4 Å². The van der Waals surface area contributed by atoms with Crippen LogP contribution >= 0.6 is 11.3 Å². The molecule has 1 saturated carbocycles. The van der Waals surface area contributed by atoms with Crippen molar-refractivity contribution in [2.75, 3.05) is 6.54 Å². The highest BCUT2D eigenvalue weighted by Gasteiger charge is 2.46. The molecule has 0 bridgehead atoms. The molecule has 1 heterocycles. The van der Waals surface area contributed by atoms with Gasteiger partial charge in [0.25, 0.3) is 0 Å². The fourth-order valence-electron chi connectivity index (χ4n) is 2.49. The third-order valence-corrected chi connectivity index (χ3v) is 4.63. The largest absolute Gasteiger partial charge is 0.348 e. The summed E-state index contributed by atoms with van der Waals surface area (Å²) in [4.78, 5) is 24.3. The van der Waals surface area contributed by atoms with Crippen molar-refractivity contribution in [2.24, 2.45) is 5.92 Å². The molecule has 1 aliphatic rings. The van der Waals surface area contributed by atoms with Crippen LogP contribution in [0.25, 0.3) is 0 Å².